The van der Waals surface area contributed by atoms with Crippen LogP contribution in [-0.2, 0) is 11.0 Å². The molecule has 0 saturated heterocycles. The number of hydrogen-bond donors (Lipinski definition) is 1. The molecule has 0 radical (unpaired) electrons. The first-order valence-corrected chi connectivity index (χ1v) is 6.69. The third-order valence-corrected chi connectivity index (χ3v) is 4.30. The van der Waals surface area contributed by atoms with Crippen molar-refractivity contribution in [2.75, 3.05) is 16.8 Å². The molecule has 1 amide bonds. The molecule has 0 aromatic heterocycles. The van der Waals surface area contributed by atoms with Crippen molar-refractivity contribution in [3.05, 3.63) is 23.8 Å². The number of anilines is 2. The molecule has 1 N–H and O–H groups in total. The second-order valence-corrected chi connectivity index (χ2v) is 5.31. The van der Waals surface area contributed by atoms with Crippen molar-refractivity contribution < 1.29 is 18.0 Å². The van der Waals surface area contributed by atoms with Crippen LogP contribution in [0.1, 0.15) is 31.7 Å². The maximum atomic E-state index is 12.8. The largest absolute Gasteiger partial charge is 0.416 e. The molecule has 2 aliphatic rings. The number of nitrogens with zero attached hydrogens (tertiary/aromatic N) is 1. The summed E-state index contributed by atoms with van der Waals surface area (Å²) in [5, 5.41) is 2.75. The molecule has 1 aromatic carbocycles. The number of carbonyl (C=O) groups excluding carboxylic acids is 1. The number of hydrogen-bond acceptors (Lipinski definition) is 2. The van der Waals surface area contributed by atoms with Crippen LogP contribution >= 0.6 is 0 Å². The van der Waals surface area contributed by atoms with Crippen molar-refractivity contribution in [3.8, 4) is 0 Å². The minimum absolute atomic E-state index is 0.0992. The number of nitrogens with one attached hydrogen (secondary N) is 1. The number of carbonyl (C=O) groups is 1. The lowest BCUT2D eigenvalue weighted by molar-refractivity contribution is -0.137. The second kappa shape index (κ2) is 4.14. The summed E-state index contributed by atoms with van der Waals surface area (Å²) in [6.07, 6.45) is -2.05. The molecule has 108 valence electrons. The molecule has 1 aliphatic carbocycles. The van der Waals surface area contributed by atoms with Gasteiger partial charge < -0.3 is 10.2 Å². The van der Waals surface area contributed by atoms with E-state index in [4.69, 9.17) is 0 Å². The summed E-state index contributed by atoms with van der Waals surface area (Å²) < 4.78 is 38.5. The first kappa shape index (κ1) is 13.3. The van der Waals surface area contributed by atoms with E-state index < -0.39 is 17.3 Å². The summed E-state index contributed by atoms with van der Waals surface area (Å²) in [6, 6.07) is 3.48. The number of fused-ring (bicyclic) bond motifs is 1. The monoisotopic (exact) mass is 284 g/mol. The van der Waals surface area contributed by atoms with Gasteiger partial charge in [0.2, 0.25) is 5.91 Å². The SMILES string of the molecule is CCN1c2cc(C(F)(F)F)ccc2NC(=O)C12CCC2. The maximum absolute atomic E-state index is 12.8. The van der Waals surface area contributed by atoms with Crippen molar-refractivity contribution in [1.82, 2.24) is 0 Å². The van der Waals surface area contributed by atoms with Crippen molar-refractivity contribution in [2.45, 2.75) is 37.9 Å². The van der Waals surface area contributed by atoms with E-state index in [1.54, 1.807) is 0 Å². The fraction of sp³-hybridized carbons (Fsp3) is 0.500. The van der Waals surface area contributed by atoms with E-state index >= 15 is 0 Å². The maximum Gasteiger partial charge on any atom is 0.416 e. The lowest BCUT2D eigenvalue weighted by Gasteiger charge is -2.52. The Morgan fingerprint density at radius 1 is 1.35 bits per heavy atom. The molecule has 0 unspecified atom stereocenters. The smallest absolute Gasteiger partial charge is 0.356 e. The van der Waals surface area contributed by atoms with Gasteiger partial charge >= 0.3 is 6.18 Å². The fourth-order valence-electron chi connectivity index (χ4n) is 3.11. The number of halogens is 3. The van der Waals surface area contributed by atoms with Crippen LogP contribution in [0.4, 0.5) is 24.5 Å². The van der Waals surface area contributed by atoms with Gasteiger partial charge in [0.1, 0.15) is 5.54 Å². The molecule has 1 saturated carbocycles. The molecule has 3 nitrogen and oxygen atoms in total. The van der Waals surface area contributed by atoms with E-state index in [0.29, 0.717) is 30.8 Å². The quantitative estimate of drug-likeness (QED) is 0.857. The molecule has 6 heteroatoms. The van der Waals surface area contributed by atoms with Gasteiger partial charge in [0, 0.05) is 6.54 Å². The lowest BCUT2D eigenvalue weighted by Crippen LogP contribution is -2.63. The number of alkyl halides is 3. The predicted octanol–water partition coefficient (Wildman–Crippen LogP) is 3.41. The lowest BCUT2D eigenvalue weighted by atomic mass is 9.73. The summed E-state index contributed by atoms with van der Waals surface area (Å²) >= 11 is 0. The van der Waals surface area contributed by atoms with Gasteiger partial charge in [-0.05, 0) is 44.4 Å². The molecular weight excluding hydrogens is 269 g/mol. The van der Waals surface area contributed by atoms with Gasteiger partial charge in [0.25, 0.3) is 0 Å². The minimum Gasteiger partial charge on any atom is -0.356 e. The van der Waals surface area contributed by atoms with Crippen LogP contribution in [-0.4, -0.2) is 18.0 Å². The summed E-state index contributed by atoms with van der Waals surface area (Å²) in [5.74, 6) is -0.0992. The molecule has 1 spiro atoms. The Balaban J connectivity index is 2.10. The van der Waals surface area contributed by atoms with Crippen LogP contribution in [0.25, 0.3) is 0 Å². The first-order valence-electron chi connectivity index (χ1n) is 6.69. The first-order chi connectivity index (χ1) is 9.38. The van der Waals surface area contributed by atoms with Gasteiger partial charge in [0.05, 0.1) is 16.9 Å². The van der Waals surface area contributed by atoms with Gasteiger partial charge in [-0.15, -0.1) is 0 Å². The average Bonchev–Trinajstić information content (AvgIpc) is 2.33. The van der Waals surface area contributed by atoms with Gasteiger partial charge in [-0.3, -0.25) is 4.79 Å². The van der Waals surface area contributed by atoms with Gasteiger partial charge in [-0.2, -0.15) is 13.2 Å². The topological polar surface area (TPSA) is 32.3 Å². The van der Waals surface area contributed by atoms with E-state index in [1.807, 2.05) is 11.8 Å². The Hall–Kier alpha value is -1.72. The van der Waals surface area contributed by atoms with Crippen LogP contribution in [0.15, 0.2) is 18.2 Å². The van der Waals surface area contributed by atoms with Crippen LogP contribution in [0.2, 0.25) is 0 Å². The number of benzene rings is 1. The fourth-order valence-corrected chi connectivity index (χ4v) is 3.11. The zero-order chi connectivity index (χ0) is 14.5. The summed E-state index contributed by atoms with van der Waals surface area (Å²) in [4.78, 5) is 14.1. The van der Waals surface area contributed by atoms with Crippen molar-refractivity contribution >= 4 is 17.3 Å². The van der Waals surface area contributed by atoms with E-state index in [-0.39, 0.29) is 5.91 Å². The van der Waals surface area contributed by atoms with Crippen molar-refractivity contribution in [3.63, 3.8) is 0 Å². The number of likely N-dealkylation sites (N-methyl/N-ethyl adjacent to an activating group) is 1. The normalized spacial score (nSPS) is 20.4. The Morgan fingerprint density at radius 2 is 2.05 bits per heavy atom. The molecule has 1 aliphatic heterocycles. The van der Waals surface area contributed by atoms with E-state index in [0.717, 1.165) is 18.6 Å². The molecule has 20 heavy (non-hydrogen) atoms. The average molecular weight is 284 g/mol. The van der Waals surface area contributed by atoms with Crippen LogP contribution < -0.4 is 10.2 Å². The minimum atomic E-state index is -4.37. The van der Waals surface area contributed by atoms with Crippen molar-refractivity contribution in [1.29, 1.82) is 0 Å². The van der Waals surface area contributed by atoms with E-state index in [2.05, 4.69) is 5.32 Å². The summed E-state index contributed by atoms with van der Waals surface area (Å²) in [7, 11) is 0. The highest BCUT2D eigenvalue weighted by molar-refractivity contribution is 6.07. The molecule has 1 fully saturated rings. The van der Waals surface area contributed by atoms with Gasteiger partial charge in [-0.1, -0.05) is 0 Å². The third kappa shape index (κ3) is 1.70. The van der Waals surface area contributed by atoms with Gasteiger partial charge in [-0.25, -0.2) is 0 Å². The second-order valence-electron chi connectivity index (χ2n) is 5.31. The summed E-state index contributed by atoms with van der Waals surface area (Å²) in [5.41, 5.74) is -0.393. The zero-order valence-corrected chi connectivity index (χ0v) is 11.0. The highest BCUT2D eigenvalue weighted by Gasteiger charge is 2.52. The molecule has 0 bridgehead atoms. The van der Waals surface area contributed by atoms with Gasteiger partial charge in [0.15, 0.2) is 0 Å². The number of rotatable bonds is 1. The third-order valence-electron chi connectivity index (χ3n) is 4.30. The summed E-state index contributed by atoms with van der Waals surface area (Å²) in [6.45, 7) is 2.38. The standard InChI is InChI=1S/C14H15F3N2O/c1-2-19-11-8-9(14(15,16)17)4-5-10(11)18-12(20)13(19)6-3-7-13/h4-5,8H,2-3,6-7H2,1H3,(H,18,20). The highest BCUT2D eigenvalue weighted by Crippen LogP contribution is 2.48. The van der Waals surface area contributed by atoms with E-state index in [9.17, 15) is 18.0 Å². The van der Waals surface area contributed by atoms with E-state index in [1.165, 1.54) is 6.07 Å². The zero-order valence-electron chi connectivity index (χ0n) is 11.0. The number of amides is 1. The van der Waals surface area contributed by atoms with Crippen molar-refractivity contribution in [2.24, 2.45) is 0 Å². The Kier molecular flexibility index (Phi) is 2.74. The van der Waals surface area contributed by atoms with Crippen LogP contribution in [0.5, 0.6) is 0 Å². The molecule has 1 aromatic rings. The Morgan fingerprint density at radius 3 is 2.55 bits per heavy atom. The molecule has 0 atom stereocenters. The Bertz CT molecular complexity index is 564. The Labute approximate surface area is 114 Å². The predicted molar refractivity (Wildman–Crippen MR) is 69.7 cm³/mol. The van der Waals surface area contributed by atoms with Crippen LogP contribution in [0, 0.1) is 0 Å². The molecular formula is C14H15F3N2O. The molecule has 1 heterocycles. The van der Waals surface area contributed by atoms with Crippen LogP contribution in [0.3, 0.4) is 0 Å². The highest BCUT2D eigenvalue weighted by atomic mass is 19.4. The molecule has 3 rings (SSSR count).